The summed E-state index contributed by atoms with van der Waals surface area (Å²) < 4.78 is 32.5. The Hall–Kier alpha value is -2.37. The van der Waals surface area contributed by atoms with E-state index in [1.165, 1.54) is 64.2 Å². The number of unbranched alkanes of at least 4 members (excludes halogenated alkanes) is 15. The molecule has 0 aliphatic heterocycles. The monoisotopic (exact) mass is 813 g/mol. The van der Waals surface area contributed by atoms with Crippen LogP contribution in [0.2, 0.25) is 0 Å². The van der Waals surface area contributed by atoms with E-state index < -0.39 is 64.5 Å². The van der Waals surface area contributed by atoms with Gasteiger partial charge in [0.25, 0.3) is 0 Å². The first-order valence-corrected chi connectivity index (χ1v) is 22.9. The van der Waals surface area contributed by atoms with E-state index in [0.717, 1.165) is 51.4 Å². The molecule has 0 fully saturated rings. The van der Waals surface area contributed by atoms with E-state index >= 15 is 0 Å². The van der Waals surface area contributed by atoms with E-state index in [-0.39, 0.29) is 12.8 Å². The summed E-state index contributed by atoms with van der Waals surface area (Å²) in [5, 5.41) is 28.6. The smallest absolute Gasteiger partial charge is 0.462 e. The number of aliphatic hydroxyl groups is 3. The number of esters is 2. The van der Waals surface area contributed by atoms with Gasteiger partial charge in [-0.25, -0.2) is 4.57 Å². The second kappa shape index (κ2) is 39.5. The van der Waals surface area contributed by atoms with Crippen molar-refractivity contribution < 1.29 is 52.9 Å². The molecule has 4 atom stereocenters. The minimum absolute atomic E-state index is 0.0455. The van der Waals surface area contributed by atoms with Crippen LogP contribution < -0.4 is 0 Å². The van der Waals surface area contributed by atoms with Gasteiger partial charge in [-0.2, -0.15) is 0 Å². The Morgan fingerprint density at radius 3 is 1.79 bits per heavy atom. The maximum Gasteiger partial charge on any atom is 0.472 e. The largest absolute Gasteiger partial charge is 0.472 e. The summed E-state index contributed by atoms with van der Waals surface area (Å²) in [6, 6.07) is 0. The molecule has 0 aliphatic carbocycles. The lowest BCUT2D eigenvalue weighted by Gasteiger charge is -2.20. The zero-order valence-electron chi connectivity index (χ0n) is 34.7. The average Bonchev–Trinajstić information content (AvgIpc) is 3.18. The summed E-state index contributed by atoms with van der Waals surface area (Å²) in [6.07, 6.45) is 39.3. The molecule has 324 valence electrons. The molecule has 0 aromatic rings. The molecular weight excluding hydrogens is 735 g/mol. The molecule has 0 saturated carbocycles. The minimum Gasteiger partial charge on any atom is -0.462 e. The number of allylic oxidation sites excluding steroid dienone is 9. The van der Waals surface area contributed by atoms with Crippen molar-refractivity contribution in [2.45, 2.75) is 180 Å². The van der Waals surface area contributed by atoms with Gasteiger partial charge in [-0.15, -0.1) is 0 Å². The van der Waals surface area contributed by atoms with Crippen LogP contribution in [-0.2, 0) is 32.7 Å². The third-order valence-corrected chi connectivity index (χ3v) is 9.73. The first-order valence-electron chi connectivity index (χ1n) is 21.4. The van der Waals surface area contributed by atoms with Crippen LogP contribution in [-0.4, -0.2) is 76.9 Å². The first-order chi connectivity index (χ1) is 27.1. The third kappa shape index (κ3) is 38.5. The summed E-state index contributed by atoms with van der Waals surface area (Å²) in [6.45, 7) is 2.10. The van der Waals surface area contributed by atoms with Gasteiger partial charge in [0.15, 0.2) is 6.10 Å². The molecule has 0 bridgehead atoms. The number of carbonyl (C=O) groups is 2. The fraction of sp³-hybridized carbons (Fsp3) is 0.727. The van der Waals surface area contributed by atoms with Crippen LogP contribution in [0.3, 0.4) is 0 Å². The lowest BCUT2D eigenvalue weighted by Crippen LogP contribution is -2.30. The molecule has 4 N–H and O–H groups in total. The normalized spacial score (nSPS) is 15.0. The summed E-state index contributed by atoms with van der Waals surface area (Å²) in [5.41, 5.74) is 0. The maximum atomic E-state index is 12.6. The van der Waals surface area contributed by atoms with Crippen molar-refractivity contribution >= 4 is 19.8 Å². The summed E-state index contributed by atoms with van der Waals surface area (Å²) in [7, 11) is -4.67. The number of phosphoric acid groups is 1. The van der Waals surface area contributed by atoms with E-state index in [0.29, 0.717) is 19.3 Å². The molecule has 0 amide bonds. The highest BCUT2D eigenvalue weighted by atomic mass is 31.2. The highest BCUT2D eigenvalue weighted by molar-refractivity contribution is 7.47. The molecule has 0 saturated heterocycles. The zero-order valence-corrected chi connectivity index (χ0v) is 35.6. The molecule has 0 aromatic heterocycles. The number of hydrogen-bond donors (Lipinski definition) is 4. The fourth-order valence-corrected chi connectivity index (χ4v) is 6.19. The lowest BCUT2D eigenvalue weighted by atomic mass is 10.1. The molecule has 11 nitrogen and oxygen atoms in total. The van der Waals surface area contributed by atoms with Crippen molar-refractivity contribution in [3.8, 4) is 0 Å². The molecule has 2 unspecified atom stereocenters. The van der Waals surface area contributed by atoms with Gasteiger partial charge in [-0.3, -0.25) is 18.6 Å². The van der Waals surface area contributed by atoms with Gasteiger partial charge in [0.2, 0.25) is 0 Å². The van der Waals surface area contributed by atoms with Crippen molar-refractivity contribution in [3.05, 3.63) is 60.8 Å². The van der Waals surface area contributed by atoms with Gasteiger partial charge in [-0.1, -0.05) is 145 Å². The number of aliphatic hydroxyl groups excluding tert-OH is 3. The summed E-state index contributed by atoms with van der Waals surface area (Å²) >= 11 is 0. The van der Waals surface area contributed by atoms with Crippen LogP contribution >= 0.6 is 7.82 Å². The molecule has 0 aliphatic rings. The molecule has 0 aromatic carbocycles. The van der Waals surface area contributed by atoms with Crippen molar-refractivity contribution in [3.63, 3.8) is 0 Å². The Balaban J connectivity index is 4.54. The molecular formula is C44H77O11P. The van der Waals surface area contributed by atoms with Crippen molar-refractivity contribution in [1.82, 2.24) is 0 Å². The van der Waals surface area contributed by atoms with Gasteiger partial charge >= 0.3 is 19.8 Å². The number of ether oxygens (including phenoxy) is 2. The molecule has 12 heteroatoms. The molecule has 0 spiro atoms. The first kappa shape index (κ1) is 53.6. The molecule has 0 rings (SSSR count). The van der Waals surface area contributed by atoms with Gasteiger partial charge in [0.05, 0.1) is 25.9 Å². The Kier molecular flexibility index (Phi) is 37.8. The summed E-state index contributed by atoms with van der Waals surface area (Å²) in [5.74, 6) is -1.14. The quantitative estimate of drug-likeness (QED) is 0.0153. The van der Waals surface area contributed by atoms with Gasteiger partial charge in [-0.05, 0) is 64.2 Å². The van der Waals surface area contributed by atoms with E-state index in [2.05, 4.69) is 54.8 Å². The molecule has 0 heterocycles. The van der Waals surface area contributed by atoms with E-state index in [9.17, 15) is 29.3 Å². The van der Waals surface area contributed by atoms with Crippen LogP contribution in [0.25, 0.3) is 0 Å². The van der Waals surface area contributed by atoms with Gasteiger partial charge in [0.1, 0.15) is 12.7 Å². The zero-order chi connectivity index (χ0) is 41.4. The second-order valence-electron chi connectivity index (χ2n) is 14.2. The number of hydrogen-bond acceptors (Lipinski definition) is 10. The van der Waals surface area contributed by atoms with Crippen molar-refractivity contribution in [2.75, 3.05) is 26.4 Å². The molecule has 0 radical (unpaired) electrons. The predicted molar refractivity (Wildman–Crippen MR) is 225 cm³/mol. The van der Waals surface area contributed by atoms with Gasteiger partial charge in [0, 0.05) is 12.8 Å². The predicted octanol–water partition coefficient (Wildman–Crippen LogP) is 10.1. The van der Waals surface area contributed by atoms with E-state index in [1.54, 1.807) is 12.2 Å². The second-order valence-corrected chi connectivity index (χ2v) is 15.7. The highest BCUT2D eigenvalue weighted by Crippen LogP contribution is 2.43. The van der Waals surface area contributed by atoms with Crippen LogP contribution in [0.4, 0.5) is 0 Å². The fourth-order valence-electron chi connectivity index (χ4n) is 5.40. The van der Waals surface area contributed by atoms with Crippen LogP contribution in [0.1, 0.15) is 162 Å². The van der Waals surface area contributed by atoms with E-state index in [4.69, 9.17) is 19.1 Å². The van der Waals surface area contributed by atoms with Gasteiger partial charge < -0.3 is 29.7 Å². The average molecular weight is 813 g/mol. The highest BCUT2D eigenvalue weighted by Gasteiger charge is 2.27. The van der Waals surface area contributed by atoms with Crippen LogP contribution in [0, 0.1) is 0 Å². The topological polar surface area (TPSA) is 169 Å². The molecule has 56 heavy (non-hydrogen) atoms. The summed E-state index contributed by atoms with van der Waals surface area (Å²) in [4.78, 5) is 35.0. The standard InChI is InChI=1S/C44H77O11P/c1-3-5-7-9-11-13-15-17-18-20-22-24-26-28-30-34-43(48)52-38-42(39-54-56(50,51)53-37-41(47)36-45)55-44(49)35-31-33-40(46)32-29-27-25-23-21-19-16-14-12-10-8-6-4-2/h13,15,17-19,21,25,27,29,32,40-42,45-47H,3-12,14,16,20,22-24,26,28,30-31,33-39H2,1-2H3,(H,50,51)/b15-13-,18-17-,21-19+,27-25+,32-29+/t40?,41-,42+/m0/s1. The lowest BCUT2D eigenvalue weighted by molar-refractivity contribution is -0.161. The minimum atomic E-state index is -4.67. The number of carbonyl (C=O) groups excluding carboxylic acids is 2. The Labute approximate surface area is 338 Å². The maximum absolute atomic E-state index is 12.6. The Bertz CT molecular complexity index is 1130. The Morgan fingerprint density at radius 1 is 0.607 bits per heavy atom. The van der Waals surface area contributed by atoms with Crippen molar-refractivity contribution in [1.29, 1.82) is 0 Å². The Morgan fingerprint density at radius 2 is 1.14 bits per heavy atom. The number of phosphoric ester groups is 1. The number of rotatable bonds is 39. The van der Waals surface area contributed by atoms with E-state index in [1.807, 2.05) is 12.2 Å². The third-order valence-electron chi connectivity index (χ3n) is 8.78. The van der Waals surface area contributed by atoms with Crippen LogP contribution in [0.15, 0.2) is 60.8 Å². The van der Waals surface area contributed by atoms with Crippen molar-refractivity contribution in [2.24, 2.45) is 0 Å². The SMILES string of the molecule is CCCCCC/C=C\C=C/CCCCCCCC(=O)OC[C@H](COP(=O)(O)OC[C@@H](O)CO)OC(=O)CCCC(O)/C=C/C=C/C/C=C/CCCCCCCC. The van der Waals surface area contributed by atoms with Crippen LogP contribution in [0.5, 0.6) is 0 Å².